The molecule has 0 heterocycles. The minimum absolute atomic E-state index is 0.0175. The van der Waals surface area contributed by atoms with Crippen LogP contribution in [-0.2, 0) is 14.3 Å². The van der Waals surface area contributed by atoms with E-state index in [-0.39, 0.29) is 36.4 Å². The molecule has 0 saturated heterocycles. The Balaban J connectivity index is 1.19. The van der Waals surface area contributed by atoms with Crippen LogP contribution in [0.25, 0.3) is 11.1 Å². The van der Waals surface area contributed by atoms with Gasteiger partial charge in [-0.15, -0.1) is 0 Å². The molecule has 34 heavy (non-hydrogen) atoms. The van der Waals surface area contributed by atoms with Crippen LogP contribution in [-0.4, -0.2) is 41.8 Å². The Hall–Kier alpha value is -3.35. The number of carbonyl (C=O) groups is 3. The van der Waals surface area contributed by atoms with Crippen molar-refractivity contribution in [1.29, 1.82) is 0 Å². The largest absolute Gasteiger partial charge is 0.481 e. The van der Waals surface area contributed by atoms with Gasteiger partial charge in [-0.2, -0.15) is 0 Å². The fourth-order valence-corrected chi connectivity index (χ4v) is 5.96. The van der Waals surface area contributed by atoms with Gasteiger partial charge in [-0.3, -0.25) is 9.59 Å². The maximum Gasteiger partial charge on any atom is 0.407 e. The molecular formula is C27H30N2O5. The van der Waals surface area contributed by atoms with E-state index in [2.05, 4.69) is 34.9 Å². The maximum atomic E-state index is 12.9. The highest BCUT2D eigenvalue weighted by Gasteiger charge is 2.39. The van der Waals surface area contributed by atoms with E-state index in [1.165, 1.54) is 11.1 Å². The summed E-state index contributed by atoms with van der Waals surface area (Å²) in [6.45, 7) is 0.228. The van der Waals surface area contributed by atoms with Crippen LogP contribution in [0.1, 0.15) is 55.6 Å². The Bertz CT molecular complexity index is 1050. The zero-order valence-corrected chi connectivity index (χ0v) is 19.0. The summed E-state index contributed by atoms with van der Waals surface area (Å²) in [7, 11) is 0. The number of carboxylic acids is 1. The van der Waals surface area contributed by atoms with Crippen molar-refractivity contribution in [1.82, 2.24) is 10.6 Å². The van der Waals surface area contributed by atoms with E-state index >= 15 is 0 Å². The molecule has 3 aliphatic carbocycles. The van der Waals surface area contributed by atoms with E-state index in [4.69, 9.17) is 4.74 Å². The van der Waals surface area contributed by atoms with E-state index in [0.717, 1.165) is 24.0 Å². The van der Waals surface area contributed by atoms with Gasteiger partial charge in [-0.25, -0.2) is 4.79 Å². The van der Waals surface area contributed by atoms with Gasteiger partial charge in [0.15, 0.2) is 0 Å². The molecule has 2 fully saturated rings. The predicted molar refractivity (Wildman–Crippen MR) is 126 cm³/mol. The maximum absolute atomic E-state index is 12.9. The lowest BCUT2D eigenvalue weighted by Crippen LogP contribution is -2.48. The zero-order chi connectivity index (χ0) is 23.7. The second kappa shape index (κ2) is 9.49. The van der Waals surface area contributed by atoms with E-state index in [1.54, 1.807) is 0 Å². The number of hydrogen-bond donors (Lipinski definition) is 3. The fraction of sp³-hybridized carbons (Fsp3) is 0.444. The number of hydrogen-bond acceptors (Lipinski definition) is 4. The molecule has 2 amide bonds. The molecule has 2 aromatic rings. The Morgan fingerprint density at radius 1 is 0.794 bits per heavy atom. The van der Waals surface area contributed by atoms with Crippen LogP contribution in [0.5, 0.6) is 0 Å². The van der Waals surface area contributed by atoms with E-state index in [1.807, 2.05) is 24.3 Å². The molecule has 3 N–H and O–H groups in total. The number of amides is 2. The molecule has 5 rings (SSSR count). The average molecular weight is 463 g/mol. The first-order valence-corrected chi connectivity index (χ1v) is 12.2. The van der Waals surface area contributed by atoms with Gasteiger partial charge in [0.05, 0.1) is 11.8 Å². The number of rotatable bonds is 6. The van der Waals surface area contributed by atoms with Crippen molar-refractivity contribution in [2.24, 2.45) is 11.8 Å². The summed E-state index contributed by atoms with van der Waals surface area (Å²) in [6, 6.07) is 15.7. The van der Waals surface area contributed by atoms with Crippen LogP contribution < -0.4 is 10.6 Å². The number of aliphatic carboxylic acids is 1. The third-order valence-corrected chi connectivity index (χ3v) is 7.66. The molecule has 3 aliphatic rings. The molecule has 0 spiro atoms. The summed E-state index contributed by atoms with van der Waals surface area (Å²) in [4.78, 5) is 37.0. The van der Waals surface area contributed by atoms with Gasteiger partial charge in [0.1, 0.15) is 6.61 Å². The van der Waals surface area contributed by atoms with Gasteiger partial charge in [0.25, 0.3) is 0 Å². The van der Waals surface area contributed by atoms with Gasteiger partial charge >= 0.3 is 12.1 Å². The van der Waals surface area contributed by atoms with Crippen LogP contribution in [0.15, 0.2) is 48.5 Å². The van der Waals surface area contributed by atoms with Gasteiger partial charge in [-0.1, -0.05) is 61.4 Å². The van der Waals surface area contributed by atoms with E-state index in [9.17, 15) is 19.5 Å². The normalized spacial score (nSPS) is 25.4. The van der Waals surface area contributed by atoms with E-state index < -0.39 is 18.0 Å². The van der Waals surface area contributed by atoms with Crippen molar-refractivity contribution in [3.63, 3.8) is 0 Å². The minimum atomic E-state index is -0.859. The zero-order valence-electron chi connectivity index (χ0n) is 19.0. The van der Waals surface area contributed by atoms with Crippen molar-refractivity contribution in [2.45, 2.75) is 56.5 Å². The first kappa shape index (κ1) is 22.4. The molecule has 4 atom stereocenters. The second-order valence-electron chi connectivity index (χ2n) is 9.60. The van der Waals surface area contributed by atoms with E-state index in [0.29, 0.717) is 25.7 Å². The number of carbonyl (C=O) groups excluding carboxylic acids is 2. The van der Waals surface area contributed by atoms with Crippen LogP contribution in [0, 0.1) is 11.8 Å². The van der Waals surface area contributed by atoms with Gasteiger partial charge in [-0.05, 0) is 47.9 Å². The predicted octanol–water partition coefficient (Wildman–Crippen LogP) is 4.06. The second-order valence-corrected chi connectivity index (χ2v) is 9.60. The molecular weight excluding hydrogens is 432 g/mol. The average Bonchev–Trinajstić information content (AvgIpc) is 3.55. The minimum Gasteiger partial charge on any atom is -0.481 e. The number of fused-ring (bicyclic) bond motifs is 3. The monoisotopic (exact) mass is 462 g/mol. The first-order valence-electron chi connectivity index (χ1n) is 12.2. The Morgan fingerprint density at radius 3 is 1.97 bits per heavy atom. The molecule has 2 unspecified atom stereocenters. The lowest BCUT2D eigenvalue weighted by Gasteiger charge is -2.24. The van der Waals surface area contributed by atoms with Crippen LogP contribution in [0.4, 0.5) is 4.79 Å². The molecule has 0 aliphatic heterocycles. The Kier molecular flexibility index (Phi) is 6.26. The Labute approximate surface area is 198 Å². The lowest BCUT2D eigenvalue weighted by atomic mass is 9.98. The smallest absolute Gasteiger partial charge is 0.407 e. The van der Waals surface area contributed by atoms with Gasteiger partial charge in [0, 0.05) is 18.0 Å². The quantitative estimate of drug-likeness (QED) is 0.600. The number of nitrogens with one attached hydrogen (secondary N) is 2. The Morgan fingerprint density at radius 2 is 1.35 bits per heavy atom. The van der Waals surface area contributed by atoms with Gasteiger partial charge in [0.2, 0.25) is 5.91 Å². The number of alkyl carbamates (subject to hydrolysis) is 1. The standard InChI is InChI=1S/C27H30N2O5/c30-25(28-24-14-6-12-21(24)26(31)32)20-11-5-13-23(20)29-27(33)34-15-22-18-9-3-1-7-16(18)17-8-2-4-10-19(17)22/h1-4,7-10,20-24H,5-6,11-15H2,(H,28,30)(H,29,33)(H,31,32)/t20?,21-,23?,24+/m0/s1. The lowest BCUT2D eigenvalue weighted by molar-refractivity contribution is -0.142. The summed E-state index contributed by atoms with van der Waals surface area (Å²) >= 11 is 0. The van der Waals surface area contributed by atoms with Crippen LogP contribution in [0.2, 0.25) is 0 Å². The molecule has 2 saturated carbocycles. The van der Waals surface area contributed by atoms with Crippen molar-refractivity contribution in [3.8, 4) is 11.1 Å². The summed E-state index contributed by atoms with van der Waals surface area (Å²) in [5, 5.41) is 15.2. The molecule has 0 bridgehead atoms. The van der Waals surface area contributed by atoms with Crippen LogP contribution >= 0.6 is 0 Å². The highest BCUT2D eigenvalue weighted by molar-refractivity contribution is 5.82. The summed E-state index contributed by atoms with van der Waals surface area (Å²) in [5.41, 5.74) is 4.65. The molecule has 2 aromatic carbocycles. The molecule has 7 nitrogen and oxygen atoms in total. The first-order chi connectivity index (χ1) is 16.5. The summed E-state index contributed by atoms with van der Waals surface area (Å²) < 4.78 is 5.65. The number of ether oxygens (including phenoxy) is 1. The number of carboxylic acid groups (broad SMARTS) is 1. The van der Waals surface area contributed by atoms with Crippen molar-refractivity contribution < 1.29 is 24.2 Å². The molecule has 0 aromatic heterocycles. The van der Waals surface area contributed by atoms with Crippen molar-refractivity contribution in [3.05, 3.63) is 59.7 Å². The third-order valence-electron chi connectivity index (χ3n) is 7.66. The summed E-state index contributed by atoms with van der Waals surface area (Å²) in [6.07, 6.45) is 3.76. The van der Waals surface area contributed by atoms with Crippen LogP contribution in [0.3, 0.4) is 0 Å². The topological polar surface area (TPSA) is 105 Å². The van der Waals surface area contributed by atoms with Gasteiger partial charge < -0.3 is 20.5 Å². The SMILES string of the molecule is O=C(NC1CCCC1C(=O)N[C@@H]1CCC[C@@H]1C(=O)O)OCC1c2ccccc2-c2ccccc21. The summed E-state index contributed by atoms with van der Waals surface area (Å²) in [5.74, 6) is -1.94. The highest BCUT2D eigenvalue weighted by Crippen LogP contribution is 2.44. The van der Waals surface area contributed by atoms with Crippen molar-refractivity contribution in [2.75, 3.05) is 6.61 Å². The highest BCUT2D eigenvalue weighted by atomic mass is 16.5. The molecule has 0 radical (unpaired) electrons. The number of benzene rings is 2. The fourth-order valence-electron chi connectivity index (χ4n) is 5.96. The third kappa shape index (κ3) is 4.27. The van der Waals surface area contributed by atoms with Crippen molar-refractivity contribution >= 4 is 18.0 Å². The molecule has 7 heteroatoms. The molecule has 178 valence electrons.